The molecule has 1 amide bonds. The fraction of sp³-hybridized carbons (Fsp3) is 0.138. The molecule has 0 aliphatic heterocycles. The molecule has 0 saturated heterocycles. The van der Waals surface area contributed by atoms with Crippen LogP contribution in [0, 0.1) is 6.92 Å². The summed E-state index contributed by atoms with van der Waals surface area (Å²) in [7, 11) is -6.98. The maximum absolute atomic E-state index is 13.5. The first-order valence-electron chi connectivity index (χ1n) is 12.5. The molecule has 43 heavy (non-hydrogen) atoms. The smallest absolute Gasteiger partial charge is 0.416 e. The number of rotatable bonds is 10. The third-order valence-corrected chi connectivity index (χ3v) is 9.33. The zero-order chi connectivity index (χ0) is 31.4. The molecule has 4 rings (SSSR count). The van der Waals surface area contributed by atoms with E-state index in [1.165, 1.54) is 49.6 Å². The van der Waals surface area contributed by atoms with Gasteiger partial charge in [-0.25, -0.2) is 16.8 Å². The lowest BCUT2D eigenvalue weighted by molar-refractivity contribution is -0.137. The predicted molar refractivity (Wildman–Crippen MR) is 156 cm³/mol. The third-order valence-electron chi connectivity index (χ3n) is 6.15. The topological polar surface area (TPSA) is 122 Å². The van der Waals surface area contributed by atoms with Crippen molar-refractivity contribution in [1.82, 2.24) is 0 Å². The maximum Gasteiger partial charge on any atom is 0.416 e. The number of benzene rings is 4. The van der Waals surface area contributed by atoms with Gasteiger partial charge in [0, 0.05) is 11.4 Å². The first-order chi connectivity index (χ1) is 20.2. The van der Waals surface area contributed by atoms with E-state index in [9.17, 15) is 34.8 Å². The van der Waals surface area contributed by atoms with E-state index < -0.39 is 44.2 Å². The van der Waals surface area contributed by atoms with E-state index >= 15 is 0 Å². The number of nitrogens with zero attached hydrogens (tertiary/aromatic N) is 1. The second-order valence-corrected chi connectivity index (χ2v) is 12.8. The van der Waals surface area contributed by atoms with Crippen molar-refractivity contribution in [3.8, 4) is 5.75 Å². The average molecular weight is 634 g/mol. The van der Waals surface area contributed by atoms with Crippen LogP contribution in [0.4, 0.5) is 30.2 Å². The Morgan fingerprint density at radius 2 is 1.42 bits per heavy atom. The summed E-state index contributed by atoms with van der Waals surface area (Å²) in [5.41, 5.74) is -0.0771. The number of aryl methyl sites for hydroxylation is 1. The molecule has 0 aromatic heterocycles. The van der Waals surface area contributed by atoms with Crippen molar-refractivity contribution in [2.24, 2.45) is 0 Å². The van der Waals surface area contributed by atoms with Crippen LogP contribution in [-0.2, 0) is 31.0 Å². The summed E-state index contributed by atoms with van der Waals surface area (Å²) < 4.78 is 99.7. The molecule has 0 spiro atoms. The molecule has 4 aromatic carbocycles. The zero-order valence-corrected chi connectivity index (χ0v) is 24.4. The normalized spacial score (nSPS) is 11.9. The molecule has 9 nitrogen and oxygen atoms in total. The third kappa shape index (κ3) is 7.64. The van der Waals surface area contributed by atoms with Gasteiger partial charge in [-0.05, 0) is 85.8 Å². The van der Waals surface area contributed by atoms with Gasteiger partial charge in [-0.3, -0.25) is 13.8 Å². The highest BCUT2D eigenvalue weighted by atomic mass is 32.2. The summed E-state index contributed by atoms with van der Waals surface area (Å²) in [5.74, 6) is -0.234. The molecule has 2 N–H and O–H groups in total. The lowest BCUT2D eigenvalue weighted by Crippen LogP contribution is -2.38. The van der Waals surface area contributed by atoms with Crippen molar-refractivity contribution in [1.29, 1.82) is 0 Å². The first kappa shape index (κ1) is 31.4. The molecule has 0 bridgehead atoms. The maximum atomic E-state index is 13.5. The number of carbonyl (C=O) groups is 1. The molecule has 0 atom stereocenters. The molecule has 0 saturated carbocycles. The van der Waals surface area contributed by atoms with E-state index in [1.54, 1.807) is 24.3 Å². The summed E-state index contributed by atoms with van der Waals surface area (Å²) in [4.78, 5) is 12.7. The molecular weight excluding hydrogens is 607 g/mol. The number of halogens is 3. The molecule has 226 valence electrons. The van der Waals surface area contributed by atoms with Gasteiger partial charge in [0.2, 0.25) is 5.91 Å². The predicted octanol–water partition coefficient (Wildman–Crippen LogP) is 5.66. The molecule has 0 heterocycles. The van der Waals surface area contributed by atoms with Gasteiger partial charge in [0.05, 0.1) is 28.2 Å². The number of methoxy groups -OCH3 is 1. The van der Waals surface area contributed by atoms with Crippen LogP contribution in [0.5, 0.6) is 5.75 Å². The summed E-state index contributed by atoms with van der Waals surface area (Å²) in [6, 6.07) is 20.8. The Bertz CT molecular complexity index is 1810. The second-order valence-electron chi connectivity index (χ2n) is 9.28. The summed E-state index contributed by atoms with van der Waals surface area (Å²) in [5, 5.41) is 2.54. The fourth-order valence-corrected chi connectivity index (χ4v) is 6.39. The van der Waals surface area contributed by atoms with Crippen LogP contribution in [0.3, 0.4) is 0 Å². The van der Waals surface area contributed by atoms with Crippen LogP contribution in [0.1, 0.15) is 11.1 Å². The number of nitrogens with one attached hydrogen (secondary N) is 2. The summed E-state index contributed by atoms with van der Waals surface area (Å²) in [6.07, 6.45) is -4.65. The van der Waals surface area contributed by atoms with Gasteiger partial charge < -0.3 is 10.1 Å². The number of amides is 1. The molecular formula is C29H26F3N3O6S2. The Balaban J connectivity index is 1.52. The van der Waals surface area contributed by atoms with Crippen LogP contribution in [0.2, 0.25) is 0 Å². The minimum atomic E-state index is -4.65. The minimum Gasteiger partial charge on any atom is -0.497 e. The van der Waals surface area contributed by atoms with Crippen molar-refractivity contribution in [3.05, 3.63) is 108 Å². The Labute approximate surface area is 247 Å². The monoisotopic (exact) mass is 633 g/mol. The number of anilines is 3. The lowest BCUT2D eigenvalue weighted by Gasteiger charge is -2.24. The largest absolute Gasteiger partial charge is 0.497 e. The molecule has 14 heteroatoms. The number of alkyl halides is 3. The van der Waals surface area contributed by atoms with Crippen LogP contribution in [-0.4, -0.2) is 36.4 Å². The van der Waals surface area contributed by atoms with Crippen molar-refractivity contribution >= 4 is 43.0 Å². The van der Waals surface area contributed by atoms with Crippen LogP contribution in [0.25, 0.3) is 0 Å². The van der Waals surface area contributed by atoms with Crippen LogP contribution in [0.15, 0.2) is 107 Å². The van der Waals surface area contributed by atoms with E-state index in [-0.39, 0.29) is 26.9 Å². The average Bonchev–Trinajstić information content (AvgIpc) is 2.96. The Morgan fingerprint density at radius 3 is 2.00 bits per heavy atom. The quantitative estimate of drug-likeness (QED) is 0.233. The van der Waals surface area contributed by atoms with Gasteiger partial charge in [0.25, 0.3) is 20.0 Å². The van der Waals surface area contributed by atoms with Crippen molar-refractivity contribution in [2.45, 2.75) is 22.9 Å². The lowest BCUT2D eigenvalue weighted by atomic mass is 10.2. The Kier molecular flexibility index (Phi) is 9.01. The molecule has 0 unspecified atom stereocenters. The molecule has 0 radical (unpaired) electrons. The van der Waals surface area contributed by atoms with Crippen molar-refractivity contribution < 1.29 is 39.5 Å². The van der Waals surface area contributed by atoms with E-state index in [2.05, 4.69) is 10.0 Å². The highest BCUT2D eigenvalue weighted by molar-refractivity contribution is 7.93. The molecule has 4 aromatic rings. The van der Waals surface area contributed by atoms with Gasteiger partial charge in [-0.1, -0.05) is 23.8 Å². The van der Waals surface area contributed by atoms with Gasteiger partial charge in [-0.2, -0.15) is 13.2 Å². The van der Waals surface area contributed by atoms with Crippen LogP contribution >= 0.6 is 0 Å². The molecule has 0 aliphatic rings. The second kappa shape index (κ2) is 12.4. The highest BCUT2D eigenvalue weighted by Gasteiger charge is 2.31. The number of hydrogen-bond acceptors (Lipinski definition) is 6. The zero-order valence-electron chi connectivity index (χ0n) is 22.8. The van der Waals surface area contributed by atoms with E-state index in [1.807, 2.05) is 6.92 Å². The van der Waals surface area contributed by atoms with Gasteiger partial charge in [-0.15, -0.1) is 0 Å². The Morgan fingerprint density at radius 1 is 0.814 bits per heavy atom. The van der Waals surface area contributed by atoms with Crippen LogP contribution < -0.4 is 19.1 Å². The van der Waals surface area contributed by atoms with E-state index in [4.69, 9.17) is 4.74 Å². The van der Waals surface area contributed by atoms with Gasteiger partial charge >= 0.3 is 6.18 Å². The van der Waals surface area contributed by atoms with Gasteiger partial charge in [0.1, 0.15) is 12.3 Å². The molecule has 0 aliphatic carbocycles. The number of ether oxygens (including phenoxy) is 1. The summed E-state index contributed by atoms with van der Waals surface area (Å²) in [6.45, 7) is 1.20. The molecule has 0 fully saturated rings. The first-order valence-corrected chi connectivity index (χ1v) is 15.4. The van der Waals surface area contributed by atoms with Gasteiger partial charge in [0.15, 0.2) is 0 Å². The SMILES string of the molecule is COc1ccc(N(CC(=O)Nc2ccc(S(=O)(=O)Nc3cccc(C(F)(F)F)c3)cc2)S(=O)(=O)c2ccc(C)cc2)cc1. The van der Waals surface area contributed by atoms with E-state index in [0.29, 0.717) is 11.8 Å². The standard InChI is InChI=1S/C29H26F3N3O6S2/c1-20-6-14-27(15-7-20)43(39,40)35(24-10-12-25(41-2)13-11-24)19-28(36)33-22-8-16-26(17-9-22)42(37,38)34-23-5-3-4-21(18-23)29(30,31)32/h3-18,34H,19H2,1-2H3,(H,33,36). The number of sulfonamides is 2. The van der Waals surface area contributed by atoms with Crippen molar-refractivity contribution in [2.75, 3.05) is 28.0 Å². The van der Waals surface area contributed by atoms with E-state index in [0.717, 1.165) is 34.1 Å². The fourth-order valence-electron chi connectivity index (χ4n) is 3.92. The minimum absolute atomic E-state index is 0.0236. The van der Waals surface area contributed by atoms with Crippen molar-refractivity contribution in [3.63, 3.8) is 0 Å². The summed E-state index contributed by atoms with van der Waals surface area (Å²) >= 11 is 0. The highest BCUT2D eigenvalue weighted by Crippen LogP contribution is 2.31. The number of carbonyl (C=O) groups excluding carboxylic acids is 1. The Hall–Kier alpha value is -4.56. The number of hydrogen-bond donors (Lipinski definition) is 2.